The summed E-state index contributed by atoms with van der Waals surface area (Å²) in [5.41, 5.74) is 0.376. The minimum Gasteiger partial charge on any atom is -0.476 e. The Morgan fingerprint density at radius 3 is 2.75 bits per heavy atom. The molecule has 1 aromatic carbocycles. The van der Waals surface area contributed by atoms with Crippen molar-refractivity contribution in [3.63, 3.8) is 0 Å². The van der Waals surface area contributed by atoms with Gasteiger partial charge in [0.05, 0.1) is 18.5 Å². The van der Waals surface area contributed by atoms with Gasteiger partial charge in [0.2, 0.25) is 10.0 Å². The molecular formula is C16H21ClN2O4S. The molecule has 2 heterocycles. The SMILES string of the molecule is C[C@H]1CCCN(C(=O)[C@@H]2CN(S(C)(=O)=O)c3cc(Cl)ccc3O2)C1. The van der Waals surface area contributed by atoms with Crippen molar-refractivity contribution in [2.24, 2.45) is 5.92 Å². The zero-order valence-electron chi connectivity index (χ0n) is 13.7. The normalized spacial score (nSPS) is 24.3. The first kappa shape index (κ1) is 17.4. The van der Waals surface area contributed by atoms with E-state index in [1.807, 2.05) is 0 Å². The quantitative estimate of drug-likeness (QED) is 0.797. The zero-order valence-corrected chi connectivity index (χ0v) is 15.3. The molecule has 6 nitrogen and oxygen atoms in total. The molecule has 2 aliphatic heterocycles. The first-order chi connectivity index (χ1) is 11.3. The summed E-state index contributed by atoms with van der Waals surface area (Å²) in [6.07, 6.45) is 2.35. The van der Waals surface area contributed by atoms with Gasteiger partial charge in [0.25, 0.3) is 5.91 Å². The fourth-order valence-electron chi connectivity index (χ4n) is 3.26. The van der Waals surface area contributed by atoms with Gasteiger partial charge in [-0.1, -0.05) is 18.5 Å². The number of hydrogen-bond acceptors (Lipinski definition) is 4. The van der Waals surface area contributed by atoms with Crippen LogP contribution in [-0.2, 0) is 14.8 Å². The first-order valence-corrected chi connectivity index (χ1v) is 10.2. The molecule has 8 heteroatoms. The molecule has 3 rings (SSSR count). The summed E-state index contributed by atoms with van der Waals surface area (Å²) in [7, 11) is -3.54. The molecule has 1 aromatic rings. The van der Waals surface area contributed by atoms with Crippen LogP contribution in [0, 0.1) is 5.92 Å². The Kier molecular flexibility index (Phi) is 4.66. The summed E-state index contributed by atoms with van der Waals surface area (Å²) in [5.74, 6) is 0.652. The van der Waals surface area contributed by atoms with Crippen molar-refractivity contribution in [3.05, 3.63) is 23.2 Å². The minimum absolute atomic E-state index is 0.0319. The number of ether oxygens (including phenoxy) is 1. The number of anilines is 1. The van der Waals surface area contributed by atoms with Crippen LogP contribution in [0.4, 0.5) is 5.69 Å². The van der Waals surface area contributed by atoms with E-state index >= 15 is 0 Å². The van der Waals surface area contributed by atoms with Gasteiger partial charge in [0, 0.05) is 18.1 Å². The molecule has 0 saturated carbocycles. The highest BCUT2D eigenvalue weighted by Gasteiger charge is 2.37. The number of amides is 1. The maximum Gasteiger partial charge on any atom is 0.265 e. The molecule has 0 aromatic heterocycles. The molecule has 1 amide bonds. The second-order valence-corrected chi connectivity index (χ2v) is 8.89. The standard InChI is InChI=1S/C16H21ClN2O4S/c1-11-4-3-7-18(9-11)16(20)15-10-19(24(2,21)22)13-8-12(17)5-6-14(13)23-15/h5-6,8,11,15H,3-4,7,9-10H2,1-2H3/t11-,15-/m0/s1. The van der Waals surface area contributed by atoms with Gasteiger partial charge in [-0.15, -0.1) is 0 Å². The van der Waals surface area contributed by atoms with E-state index in [-0.39, 0.29) is 12.5 Å². The fourth-order valence-corrected chi connectivity index (χ4v) is 4.33. The average Bonchev–Trinajstić information content (AvgIpc) is 2.52. The van der Waals surface area contributed by atoms with Crippen LogP contribution in [0.2, 0.25) is 5.02 Å². The summed E-state index contributed by atoms with van der Waals surface area (Å²) in [5, 5.41) is 0.417. The van der Waals surface area contributed by atoms with Gasteiger partial charge >= 0.3 is 0 Å². The molecule has 24 heavy (non-hydrogen) atoms. The monoisotopic (exact) mass is 372 g/mol. The summed E-state index contributed by atoms with van der Waals surface area (Å²) in [4.78, 5) is 14.6. The van der Waals surface area contributed by atoms with Gasteiger partial charge in [-0.25, -0.2) is 8.42 Å². The molecule has 1 fully saturated rings. The average molecular weight is 373 g/mol. The molecule has 0 unspecified atom stereocenters. The predicted molar refractivity (Wildman–Crippen MR) is 93.0 cm³/mol. The van der Waals surface area contributed by atoms with E-state index < -0.39 is 16.1 Å². The molecular weight excluding hydrogens is 352 g/mol. The largest absolute Gasteiger partial charge is 0.476 e. The van der Waals surface area contributed by atoms with Gasteiger partial charge in [-0.05, 0) is 37.0 Å². The van der Waals surface area contributed by atoms with Crippen LogP contribution in [0.3, 0.4) is 0 Å². The molecule has 0 N–H and O–H groups in total. The van der Waals surface area contributed by atoms with E-state index in [1.165, 1.54) is 4.31 Å². The number of fused-ring (bicyclic) bond motifs is 1. The third-order valence-electron chi connectivity index (χ3n) is 4.44. The Hall–Kier alpha value is -1.47. The van der Waals surface area contributed by atoms with Crippen molar-refractivity contribution in [2.75, 3.05) is 30.2 Å². The molecule has 0 aliphatic carbocycles. The van der Waals surface area contributed by atoms with E-state index in [9.17, 15) is 13.2 Å². The molecule has 1 saturated heterocycles. The summed E-state index contributed by atoms with van der Waals surface area (Å²) >= 11 is 5.98. The maximum atomic E-state index is 12.8. The number of carbonyl (C=O) groups excluding carboxylic acids is 1. The van der Waals surface area contributed by atoms with Gasteiger partial charge in [0.1, 0.15) is 5.75 Å². The number of halogens is 1. The molecule has 0 spiro atoms. The number of carbonyl (C=O) groups is 1. The molecule has 132 valence electrons. The van der Waals surface area contributed by atoms with Gasteiger partial charge < -0.3 is 9.64 Å². The van der Waals surface area contributed by atoms with Crippen LogP contribution in [-0.4, -0.2) is 51.2 Å². The Morgan fingerprint density at radius 2 is 2.08 bits per heavy atom. The lowest BCUT2D eigenvalue weighted by molar-refractivity contribution is -0.140. The Morgan fingerprint density at radius 1 is 1.33 bits per heavy atom. The highest BCUT2D eigenvalue weighted by Crippen LogP contribution is 2.37. The lowest BCUT2D eigenvalue weighted by atomic mass is 10.00. The third kappa shape index (κ3) is 3.47. The van der Waals surface area contributed by atoms with E-state index in [2.05, 4.69) is 6.92 Å². The third-order valence-corrected chi connectivity index (χ3v) is 5.82. The number of nitrogens with zero attached hydrogens (tertiary/aromatic N) is 2. The summed E-state index contributed by atoms with van der Waals surface area (Å²) in [6.45, 7) is 3.46. The highest BCUT2D eigenvalue weighted by molar-refractivity contribution is 7.92. The minimum atomic E-state index is -3.54. The van der Waals surface area contributed by atoms with Gasteiger partial charge in [-0.2, -0.15) is 0 Å². The maximum absolute atomic E-state index is 12.8. The van der Waals surface area contributed by atoms with Crippen LogP contribution in [0.1, 0.15) is 19.8 Å². The van der Waals surface area contributed by atoms with E-state index in [0.717, 1.165) is 19.1 Å². The van der Waals surface area contributed by atoms with Crippen LogP contribution >= 0.6 is 11.6 Å². The van der Waals surface area contributed by atoms with Crippen LogP contribution in [0.25, 0.3) is 0 Å². The smallest absolute Gasteiger partial charge is 0.265 e. The lowest BCUT2D eigenvalue weighted by Gasteiger charge is -2.38. The van der Waals surface area contributed by atoms with Crippen molar-refractivity contribution in [3.8, 4) is 5.75 Å². The topological polar surface area (TPSA) is 66.9 Å². The molecule has 0 bridgehead atoms. The number of piperidine rings is 1. The Balaban J connectivity index is 1.89. The van der Waals surface area contributed by atoms with E-state index in [0.29, 0.717) is 35.5 Å². The van der Waals surface area contributed by atoms with Crippen LogP contribution in [0.15, 0.2) is 18.2 Å². The zero-order chi connectivity index (χ0) is 17.5. The van der Waals surface area contributed by atoms with Gasteiger partial charge in [-0.3, -0.25) is 9.10 Å². The second-order valence-electron chi connectivity index (χ2n) is 6.54. The molecule has 2 atom stereocenters. The number of rotatable bonds is 2. The van der Waals surface area contributed by atoms with Crippen molar-refractivity contribution in [1.29, 1.82) is 0 Å². The summed E-state index contributed by atoms with van der Waals surface area (Å²) in [6, 6.07) is 4.77. The van der Waals surface area contributed by atoms with Gasteiger partial charge in [0.15, 0.2) is 6.10 Å². The molecule has 0 radical (unpaired) electrons. The van der Waals surface area contributed by atoms with E-state index in [1.54, 1.807) is 23.1 Å². The number of hydrogen-bond donors (Lipinski definition) is 0. The predicted octanol–water partition coefficient (Wildman–Crippen LogP) is 2.13. The van der Waals surface area contributed by atoms with Crippen LogP contribution < -0.4 is 9.04 Å². The number of sulfonamides is 1. The Labute approximate surface area is 147 Å². The fraction of sp³-hybridized carbons (Fsp3) is 0.562. The lowest BCUT2D eigenvalue weighted by Crippen LogP contribution is -2.53. The number of likely N-dealkylation sites (tertiary alicyclic amines) is 1. The van der Waals surface area contributed by atoms with Crippen molar-refractivity contribution >= 4 is 33.2 Å². The first-order valence-electron chi connectivity index (χ1n) is 7.98. The van der Waals surface area contributed by atoms with Crippen LogP contribution in [0.5, 0.6) is 5.75 Å². The molecule has 2 aliphatic rings. The van der Waals surface area contributed by atoms with E-state index in [4.69, 9.17) is 16.3 Å². The second kappa shape index (κ2) is 6.44. The Bertz CT molecular complexity index is 752. The van der Waals surface area contributed by atoms with Crippen molar-refractivity contribution in [2.45, 2.75) is 25.9 Å². The van der Waals surface area contributed by atoms with Crippen molar-refractivity contribution in [1.82, 2.24) is 4.90 Å². The summed E-state index contributed by atoms with van der Waals surface area (Å²) < 4.78 is 31.3. The highest BCUT2D eigenvalue weighted by atomic mass is 35.5. The van der Waals surface area contributed by atoms with Crippen molar-refractivity contribution < 1.29 is 17.9 Å². The number of benzene rings is 1.